The van der Waals surface area contributed by atoms with Gasteiger partial charge in [-0.05, 0) is 31.2 Å². The van der Waals surface area contributed by atoms with E-state index in [1.165, 1.54) is 11.3 Å². The maximum Gasteiger partial charge on any atom is 0.197 e. The van der Waals surface area contributed by atoms with Gasteiger partial charge in [-0.15, -0.1) is 0 Å². The maximum absolute atomic E-state index is 5.73. The molecule has 0 atom stereocenters. The number of anilines is 1. The Morgan fingerprint density at radius 1 is 1.11 bits per heavy atom. The van der Waals surface area contributed by atoms with Crippen LogP contribution >= 0.6 is 0 Å². The average molecular weight is 243 g/mol. The first-order valence-electron chi connectivity index (χ1n) is 6.66. The molecule has 1 aromatic carbocycles. The summed E-state index contributed by atoms with van der Waals surface area (Å²) in [4.78, 5) is 7.54. The predicted molar refractivity (Wildman–Crippen MR) is 75.5 cm³/mol. The van der Waals surface area contributed by atoms with Crippen molar-refractivity contribution >= 4 is 5.95 Å². The van der Waals surface area contributed by atoms with E-state index in [-0.39, 0.29) is 0 Å². The number of benzene rings is 1. The Morgan fingerprint density at radius 2 is 1.89 bits per heavy atom. The molecule has 1 aromatic heterocycles. The van der Waals surface area contributed by atoms with Crippen LogP contribution < -0.4 is 5.73 Å². The number of nitrogens with zero attached hydrogens (tertiary/aromatic N) is 1. The molecule has 0 radical (unpaired) electrons. The van der Waals surface area contributed by atoms with Crippen molar-refractivity contribution in [2.24, 2.45) is 0 Å². The quantitative estimate of drug-likeness (QED) is 0.819. The van der Waals surface area contributed by atoms with Crippen molar-refractivity contribution in [3.05, 3.63) is 47.3 Å². The highest BCUT2D eigenvalue weighted by molar-refractivity contribution is 5.26. The second-order valence-corrected chi connectivity index (χ2v) is 4.64. The molecule has 0 saturated carbocycles. The van der Waals surface area contributed by atoms with Gasteiger partial charge < -0.3 is 10.7 Å². The summed E-state index contributed by atoms with van der Waals surface area (Å²) in [5.41, 5.74) is 9.47. The highest BCUT2D eigenvalue weighted by atomic mass is 15.0. The molecule has 96 valence electrons. The molecule has 3 nitrogen and oxygen atoms in total. The smallest absolute Gasteiger partial charge is 0.197 e. The minimum absolute atomic E-state index is 0.549. The number of H-pyrrole nitrogens is 1. The number of aryl methyl sites for hydroxylation is 3. The number of hydrogen-bond acceptors (Lipinski definition) is 2. The summed E-state index contributed by atoms with van der Waals surface area (Å²) < 4.78 is 0. The predicted octanol–water partition coefficient (Wildman–Crippen LogP) is 3.12. The molecular formula is C15H21N3. The van der Waals surface area contributed by atoms with E-state index < -0.39 is 0 Å². The van der Waals surface area contributed by atoms with Crippen LogP contribution in [0.15, 0.2) is 30.3 Å². The van der Waals surface area contributed by atoms with Gasteiger partial charge in [0.1, 0.15) is 0 Å². The van der Waals surface area contributed by atoms with E-state index in [1.54, 1.807) is 0 Å². The van der Waals surface area contributed by atoms with Gasteiger partial charge in [0, 0.05) is 5.69 Å². The summed E-state index contributed by atoms with van der Waals surface area (Å²) in [6.45, 7) is 2.17. The van der Waals surface area contributed by atoms with Crippen LogP contribution in [0.1, 0.15) is 36.7 Å². The molecule has 0 spiro atoms. The first kappa shape index (κ1) is 12.7. The lowest BCUT2D eigenvalue weighted by molar-refractivity contribution is 0.781. The fourth-order valence-corrected chi connectivity index (χ4v) is 2.24. The van der Waals surface area contributed by atoms with Gasteiger partial charge in [-0.2, -0.15) is 0 Å². The molecule has 1 heterocycles. The van der Waals surface area contributed by atoms with Gasteiger partial charge in [0.25, 0.3) is 0 Å². The lowest BCUT2D eigenvalue weighted by Crippen LogP contribution is -1.95. The van der Waals surface area contributed by atoms with Crippen LogP contribution in [0.3, 0.4) is 0 Å². The van der Waals surface area contributed by atoms with Gasteiger partial charge in [-0.1, -0.05) is 43.7 Å². The van der Waals surface area contributed by atoms with Crippen molar-refractivity contribution in [3.63, 3.8) is 0 Å². The van der Waals surface area contributed by atoms with E-state index in [0.29, 0.717) is 5.95 Å². The minimum Gasteiger partial charge on any atom is -0.369 e. The average Bonchev–Trinajstić information content (AvgIpc) is 2.72. The molecule has 2 rings (SSSR count). The maximum atomic E-state index is 5.73. The van der Waals surface area contributed by atoms with Crippen molar-refractivity contribution in [1.29, 1.82) is 0 Å². The van der Waals surface area contributed by atoms with Crippen LogP contribution in [0.4, 0.5) is 5.95 Å². The largest absolute Gasteiger partial charge is 0.369 e. The Kier molecular flexibility index (Phi) is 4.40. The molecule has 2 aromatic rings. The van der Waals surface area contributed by atoms with Crippen LogP contribution in [0, 0.1) is 0 Å². The number of rotatable bonds is 6. The van der Waals surface area contributed by atoms with E-state index >= 15 is 0 Å². The Labute approximate surface area is 108 Å². The molecule has 0 fully saturated rings. The number of aromatic amines is 1. The van der Waals surface area contributed by atoms with Gasteiger partial charge in [0.05, 0.1) is 5.69 Å². The first-order chi connectivity index (χ1) is 8.79. The fraction of sp³-hybridized carbons (Fsp3) is 0.400. The van der Waals surface area contributed by atoms with E-state index in [9.17, 15) is 0 Å². The highest BCUT2D eigenvalue weighted by Crippen LogP contribution is 2.13. The standard InChI is InChI=1S/C15H21N3/c1-2-7-13-14(18-15(16)17-13)11-6-10-12-8-4-3-5-9-12/h3-5,8-9H,2,6-7,10-11H2,1H3,(H3,16,17,18). The third-order valence-electron chi connectivity index (χ3n) is 3.10. The van der Waals surface area contributed by atoms with Gasteiger partial charge in [0.15, 0.2) is 5.95 Å². The Bertz CT molecular complexity index is 474. The number of nitrogens with two attached hydrogens (primary N) is 1. The summed E-state index contributed by atoms with van der Waals surface area (Å²) in [7, 11) is 0. The van der Waals surface area contributed by atoms with Gasteiger partial charge >= 0.3 is 0 Å². The number of hydrogen-bond donors (Lipinski definition) is 2. The van der Waals surface area contributed by atoms with E-state index in [1.807, 2.05) is 0 Å². The van der Waals surface area contributed by atoms with Crippen molar-refractivity contribution in [2.75, 3.05) is 5.73 Å². The normalized spacial score (nSPS) is 10.7. The van der Waals surface area contributed by atoms with Crippen LogP contribution in [0.5, 0.6) is 0 Å². The molecule has 3 N–H and O–H groups in total. The first-order valence-corrected chi connectivity index (χ1v) is 6.66. The number of nitrogen functional groups attached to an aromatic ring is 1. The van der Waals surface area contributed by atoms with Crippen molar-refractivity contribution in [1.82, 2.24) is 9.97 Å². The van der Waals surface area contributed by atoms with Crippen LogP contribution in [0.2, 0.25) is 0 Å². The van der Waals surface area contributed by atoms with E-state index in [2.05, 4.69) is 47.2 Å². The Morgan fingerprint density at radius 3 is 2.61 bits per heavy atom. The number of imidazole rings is 1. The third-order valence-corrected chi connectivity index (χ3v) is 3.10. The van der Waals surface area contributed by atoms with E-state index in [4.69, 9.17) is 5.73 Å². The second-order valence-electron chi connectivity index (χ2n) is 4.64. The Balaban J connectivity index is 1.90. The molecule has 3 heteroatoms. The fourth-order valence-electron chi connectivity index (χ4n) is 2.24. The number of aromatic nitrogens is 2. The zero-order valence-corrected chi connectivity index (χ0v) is 10.9. The summed E-state index contributed by atoms with van der Waals surface area (Å²) in [6, 6.07) is 10.6. The van der Waals surface area contributed by atoms with Crippen molar-refractivity contribution in [3.8, 4) is 0 Å². The monoisotopic (exact) mass is 243 g/mol. The highest BCUT2D eigenvalue weighted by Gasteiger charge is 2.07. The molecule has 0 unspecified atom stereocenters. The Hall–Kier alpha value is -1.77. The lowest BCUT2D eigenvalue weighted by Gasteiger charge is -2.02. The summed E-state index contributed by atoms with van der Waals surface area (Å²) in [5.74, 6) is 0.549. The molecular weight excluding hydrogens is 222 g/mol. The zero-order valence-electron chi connectivity index (χ0n) is 10.9. The van der Waals surface area contributed by atoms with Crippen molar-refractivity contribution in [2.45, 2.75) is 39.0 Å². The molecule has 0 saturated heterocycles. The third kappa shape index (κ3) is 3.36. The minimum atomic E-state index is 0.549. The number of nitrogens with one attached hydrogen (secondary N) is 1. The van der Waals surface area contributed by atoms with Crippen molar-refractivity contribution < 1.29 is 0 Å². The molecule has 0 aliphatic rings. The van der Waals surface area contributed by atoms with E-state index in [0.717, 1.165) is 37.8 Å². The SMILES string of the molecule is CCCc1[nH]c(N)nc1CCCc1ccccc1. The molecule has 0 aliphatic heterocycles. The summed E-state index contributed by atoms with van der Waals surface area (Å²) in [5, 5.41) is 0. The van der Waals surface area contributed by atoms with Crippen LogP contribution in [-0.4, -0.2) is 9.97 Å². The molecule has 0 bridgehead atoms. The van der Waals surface area contributed by atoms with Gasteiger partial charge in [0.2, 0.25) is 0 Å². The van der Waals surface area contributed by atoms with Crippen LogP contribution in [0.25, 0.3) is 0 Å². The molecule has 0 amide bonds. The second kappa shape index (κ2) is 6.24. The van der Waals surface area contributed by atoms with Crippen LogP contribution in [-0.2, 0) is 19.3 Å². The van der Waals surface area contributed by atoms with Gasteiger partial charge in [-0.25, -0.2) is 4.98 Å². The van der Waals surface area contributed by atoms with Gasteiger partial charge in [-0.3, -0.25) is 0 Å². The summed E-state index contributed by atoms with van der Waals surface area (Å²) >= 11 is 0. The topological polar surface area (TPSA) is 54.7 Å². The zero-order chi connectivity index (χ0) is 12.8. The lowest BCUT2D eigenvalue weighted by atomic mass is 10.1. The molecule has 0 aliphatic carbocycles. The summed E-state index contributed by atoms with van der Waals surface area (Å²) in [6.07, 6.45) is 5.36. The molecule has 18 heavy (non-hydrogen) atoms.